The van der Waals surface area contributed by atoms with Crippen molar-refractivity contribution in [1.82, 2.24) is 14.3 Å². The fourth-order valence-corrected chi connectivity index (χ4v) is 3.69. The van der Waals surface area contributed by atoms with Crippen LogP contribution >= 0.6 is 30.3 Å². The number of pyridine rings is 1. The third-order valence-corrected chi connectivity index (χ3v) is 4.81. The summed E-state index contributed by atoms with van der Waals surface area (Å²) in [5, 5.41) is 4.76. The Morgan fingerprint density at radius 1 is 1.56 bits per heavy atom. The third-order valence-electron chi connectivity index (χ3n) is 3.11. The minimum absolute atomic E-state index is 0.959. The van der Waals surface area contributed by atoms with Crippen molar-refractivity contribution < 1.29 is 0 Å². The van der Waals surface area contributed by atoms with Gasteiger partial charge in [-0.3, -0.25) is 3.97 Å². The number of hydrogen-bond acceptors (Lipinski definition) is 3. The number of nitrogens with one attached hydrogen (secondary N) is 1. The largest absolute Gasteiger partial charge is 0.312 e. The lowest BCUT2D eigenvalue weighted by atomic mass is 9.98. The van der Waals surface area contributed by atoms with Gasteiger partial charge < -0.3 is 5.32 Å². The average Bonchev–Trinajstić information content (AvgIpc) is 2.66. The molecule has 0 amide bonds. The van der Waals surface area contributed by atoms with Gasteiger partial charge in [0.25, 0.3) is 0 Å². The predicted molar refractivity (Wildman–Crippen MR) is 76.9 cm³/mol. The molecule has 1 aliphatic rings. The van der Waals surface area contributed by atoms with Crippen molar-refractivity contribution in [3.05, 3.63) is 29.1 Å². The molecule has 16 heavy (non-hydrogen) atoms. The van der Waals surface area contributed by atoms with Gasteiger partial charge in [0.2, 0.25) is 0 Å². The molecule has 0 radical (unpaired) electrons. The van der Waals surface area contributed by atoms with Crippen LogP contribution in [0.2, 0.25) is 0 Å². The molecule has 0 unspecified atom stereocenters. The third kappa shape index (κ3) is 1.56. The summed E-state index contributed by atoms with van der Waals surface area (Å²) >= 11 is 2.30. The molecule has 0 saturated carbocycles. The molecular weight excluding hydrogens is 333 g/mol. The summed E-state index contributed by atoms with van der Waals surface area (Å²) < 4.78 is 2.15. The maximum Gasteiger partial charge on any atom is 0.151 e. The van der Waals surface area contributed by atoms with Crippen LogP contribution in [0.1, 0.15) is 16.7 Å². The Balaban J connectivity index is 2.34. The highest BCUT2D eigenvalue weighted by Crippen LogP contribution is 2.31. The summed E-state index contributed by atoms with van der Waals surface area (Å²) in [5.74, 6) is 0. The van der Waals surface area contributed by atoms with Gasteiger partial charge in [0.05, 0.1) is 0 Å². The summed E-state index contributed by atoms with van der Waals surface area (Å²) in [6.45, 7) is 4.21. The molecular formula is C11H12IN3S. The monoisotopic (exact) mass is 345 g/mol. The first-order valence-corrected chi connectivity index (χ1v) is 8.61. The first-order chi connectivity index (χ1) is 7.81. The number of halogens is 1. The van der Waals surface area contributed by atoms with E-state index in [9.17, 15) is 0 Å². The highest BCUT2D eigenvalue weighted by atomic mass is 127. The number of nitrogens with zero attached hydrogens (tertiary/aromatic N) is 2. The van der Waals surface area contributed by atoms with Gasteiger partial charge in [0.1, 0.15) is 0 Å². The Bertz CT molecular complexity index is 550. The topological polar surface area (TPSA) is 29.9 Å². The molecule has 0 spiro atoms. The molecule has 3 rings (SSSR count). The van der Waals surface area contributed by atoms with Crippen LogP contribution in [-0.4, -0.2) is 15.5 Å². The van der Waals surface area contributed by atoms with Gasteiger partial charge in [-0.05, 0) is 36.6 Å². The first-order valence-electron chi connectivity index (χ1n) is 5.29. The summed E-state index contributed by atoms with van der Waals surface area (Å²) in [7, 11) is 1.68. The second kappa shape index (κ2) is 4.19. The Labute approximate surface area is 111 Å². The molecule has 2 aromatic rings. The summed E-state index contributed by atoms with van der Waals surface area (Å²) in [4.78, 5) is 4.58. The maximum atomic E-state index is 4.58. The molecule has 2 aromatic heterocycles. The van der Waals surface area contributed by atoms with Crippen LogP contribution in [-0.2, 0) is 13.0 Å². The van der Waals surface area contributed by atoms with Gasteiger partial charge in [-0.2, -0.15) is 0 Å². The average molecular weight is 345 g/mol. The molecule has 1 N–H and O–H groups in total. The Morgan fingerprint density at radius 3 is 3.25 bits per heavy atom. The molecule has 84 valence electrons. The van der Waals surface area contributed by atoms with Gasteiger partial charge >= 0.3 is 0 Å². The van der Waals surface area contributed by atoms with E-state index in [-0.39, 0.29) is 0 Å². The van der Waals surface area contributed by atoms with Crippen molar-refractivity contribution in [2.75, 3.05) is 6.54 Å². The van der Waals surface area contributed by atoms with Gasteiger partial charge in [0.15, 0.2) is 5.65 Å². The minimum Gasteiger partial charge on any atom is -0.312 e. The zero-order valence-corrected chi connectivity index (χ0v) is 11.9. The van der Waals surface area contributed by atoms with E-state index < -0.39 is 0 Å². The Morgan fingerprint density at radius 2 is 2.44 bits per heavy atom. The van der Waals surface area contributed by atoms with E-state index in [0.717, 1.165) is 25.2 Å². The standard InChI is InChI=1S/C11H12IN3S/c1-7-6-15(16-12)11-10(7)9-2-3-13-4-8(9)5-14-11/h5-6,13H,2-4H2,1H3. The van der Waals surface area contributed by atoms with Crippen LogP contribution in [0.5, 0.6) is 0 Å². The Kier molecular flexibility index (Phi) is 2.85. The zero-order valence-electron chi connectivity index (χ0n) is 8.96. The van der Waals surface area contributed by atoms with E-state index in [1.165, 1.54) is 22.1 Å². The smallest absolute Gasteiger partial charge is 0.151 e. The second-order valence-corrected chi connectivity index (χ2v) is 5.81. The van der Waals surface area contributed by atoms with E-state index in [1.54, 1.807) is 9.12 Å². The van der Waals surface area contributed by atoms with Crippen LogP contribution < -0.4 is 5.32 Å². The molecule has 3 nitrogen and oxygen atoms in total. The summed E-state index contributed by atoms with van der Waals surface area (Å²) in [5.41, 5.74) is 5.30. The predicted octanol–water partition coefficient (Wildman–Crippen LogP) is 2.84. The summed E-state index contributed by atoms with van der Waals surface area (Å²) in [6.07, 6.45) is 5.31. The fourth-order valence-electron chi connectivity index (χ4n) is 2.39. The van der Waals surface area contributed by atoms with Crippen LogP contribution in [0.15, 0.2) is 12.4 Å². The summed E-state index contributed by atoms with van der Waals surface area (Å²) in [6, 6.07) is 0. The molecule has 0 aromatic carbocycles. The highest BCUT2D eigenvalue weighted by Gasteiger charge is 2.17. The highest BCUT2D eigenvalue weighted by molar-refractivity contribution is 14.2. The van der Waals surface area contributed by atoms with Crippen molar-refractivity contribution in [2.24, 2.45) is 0 Å². The number of rotatable bonds is 1. The number of hydrogen-bond donors (Lipinski definition) is 1. The second-order valence-electron chi connectivity index (χ2n) is 4.09. The van der Waals surface area contributed by atoms with Gasteiger partial charge in [-0.25, -0.2) is 4.98 Å². The molecule has 0 aliphatic carbocycles. The number of aryl methyl sites for hydroxylation is 1. The molecule has 0 saturated heterocycles. The van der Waals surface area contributed by atoms with Crippen molar-refractivity contribution in [1.29, 1.82) is 0 Å². The lowest BCUT2D eigenvalue weighted by Gasteiger charge is -2.17. The van der Waals surface area contributed by atoms with E-state index in [1.807, 2.05) is 6.20 Å². The van der Waals surface area contributed by atoms with E-state index in [2.05, 4.69) is 48.6 Å². The molecule has 0 atom stereocenters. The van der Waals surface area contributed by atoms with Gasteiger partial charge in [-0.15, -0.1) is 0 Å². The Hall–Kier alpha value is -0.270. The lowest BCUT2D eigenvalue weighted by Crippen LogP contribution is -2.24. The zero-order chi connectivity index (χ0) is 11.1. The normalized spacial score (nSPS) is 15.4. The van der Waals surface area contributed by atoms with Crippen LogP contribution in [0.25, 0.3) is 11.0 Å². The molecule has 5 heteroatoms. The fraction of sp³-hybridized carbons (Fsp3) is 0.364. The van der Waals surface area contributed by atoms with E-state index in [0.29, 0.717) is 0 Å². The van der Waals surface area contributed by atoms with E-state index in [4.69, 9.17) is 0 Å². The van der Waals surface area contributed by atoms with Crippen molar-refractivity contribution >= 4 is 41.4 Å². The molecule has 0 bridgehead atoms. The maximum absolute atomic E-state index is 4.58. The van der Waals surface area contributed by atoms with Gasteiger partial charge in [-0.1, -0.05) is 0 Å². The van der Waals surface area contributed by atoms with Crippen LogP contribution in [0, 0.1) is 6.92 Å². The molecule has 3 heterocycles. The number of fused-ring (bicyclic) bond motifs is 3. The van der Waals surface area contributed by atoms with E-state index >= 15 is 0 Å². The van der Waals surface area contributed by atoms with Crippen molar-refractivity contribution in [3.8, 4) is 0 Å². The minimum atomic E-state index is 0.959. The van der Waals surface area contributed by atoms with Crippen molar-refractivity contribution in [3.63, 3.8) is 0 Å². The molecule has 0 fully saturated rings. The SMILES string of the molecule is Cc1cn(SI)c2ncc3c(c12)CCNC3. The first kappa shape index (κ1) is 10.9. The number of aromatic nitrogens is 2. The molecule has 1 aliphatic heterocycles. The quantitative estimate of drug-likeness (QED) is 0.806. The van der Waals surface area contributed by atoms with Crippen molar-refractivity contribution in [2.45, 2.75) is 19.9 Å². The lowest BCUT2D eigenvalue weighted by molar-refractivity contribution is 0.645. The van der Waals surface area contributed by atoms with Gasteiger partial charge in [0, 0.05) is 54.6 Å². The van der Waals surface area contributed by atoms with Crippen LogP contribution in [0.4, 0.5) is 0 Å². The van der Waals surface area contributed by atoms with Crippen LogP contribution in [0.3, 0.4) is 0 Å².